The van der Waals surface area contributed by atoms with Crippen LogP contribution < -0.4 is 5.32 Å². The lowest BCUT2D eigenvalue weighted by Crippen LogP contribution is -2.47. The maximum absolute atomic E-state index is 12.8. The van der Waals surface area contributed by atoms with Crippen LogP contribution in [-0.4, -0.2) is 74.0 Å². The standard InChI is InChI=1S/C27H38N4O3S/c1-35(33,34)31-16-14-30(15-17-31)22-25-10-7-11-26(19-25)27(32)28-20-23-8-6-9-24(18-23)21-29-12-4-2-3-5-13-29/h6-11,18-19H,2-5,12-17,20-22H2,1H3,(H,28,32). The van der Waals surface area contributed by atoms with E-state index >= 15 is 0 Å². The molecule has 4 rings (SSSR count). The normalized spacial score (nSPS) is 18.8. The van der Waals surface area contributed by atoms with Gasteiger partial charge in [-0.25, -0.2) is 8.42 Å². The van der Waals surface area contributed by atoms with Crippen LogP contribution in [0.4, 0.5) is 0 Å². The zero-order chi connectivity index (χ0) is 24.7. The third-order valence-electron chi connectivity index (χ3n) is 6.94. The van der Waals surface area contributed by atoms with Gasteiger partial charge in [-0.05, 0) is 54.8 Å². The minimum Gasteiger partial charge on any atom is -0.348 e. The van der Waals surface area contributed by atoms with Crippen molar-refractivity contribution < 1.29 is 13.2 Å². The Kier molecular flexibility index (Phi) is 8.94. The Morgan fingerprint density at radius 2 is 1.34 bits per heavy atom. The fourth-order valence-electron chi connectivity index (χ4n) is 4.96. The van der Waals surface area contributed by atoms with Crippen LogP contribution >= 0.6 is 0 Å². The summed E-state index contributed by atoms with van der Waals surface area (Å²) in [5.41, 5.74) is 4.13. The number of likely N-dealkylation sites (tertiary alicyclic amines) is 1. The van der Waals surface area contributed by atoms with E-state index in [4.69, 9.17) is 0 Å². The average molecular weight is 499 g/mol. The highest BCUT2D eigenvalue weighted by molar-refractivity contribution is 7.88. The first kappa shape index (κ1) is 25.8. The summed E-state index contributed by atoms with van der Waals surface area (Å²) in [7, 11) is -3.13. The fourth-order valence-corrected chi connectivity index (χ4v) is 5.79. The van der Waals surface area contributed by atoms with E-state index in [1.54, 1.807) is 0 Å². The number of sulfonamides is 1. The molecule has 2 saturated heterocycles. The van der Waals surface area contributed by atoms with E-state index < -0.39 is 10.0 Å². The van der Waals surface area contributed by atoms with Crippen LogP contribution in [-0.2, 0) is 29.7 Å². The lowest BCUT2D eigenvalue weighted by Gasteiger charge is -2.33. The van der Waals surface area contributed by atoms with Crippen molar-refractivity contribution in [1.82, 2.24) is 19.4 Å². The number of benzene rings is 2. The summed E-state index contributed by atoms with van der Waals surface area (Å²) < 4.78 is 25.0. The molecular formula is C27H38N4O3S. The van der Waals surface area contributed by atoms with Gasteiger partial charge in [0.1, 0.15) is 0 Å². The van der Waals surface area contributed by atoms with E-state index in [-0.39, 0.29) is 5.91 Å². The van der Waals surface area contributed by atoms with Crippen molar-refractivity contribution >= 4 is 15.9 Å². The number of nitrogens with one attached hydrogen (secondary N) is 1. The van der Waals surface area contributed by atoms with Gasteiger partial charge in [-0.15, -0.1) is 0 Å². The molecule has 0 radical (unpaired) electrons. The summed E-state index contributed by atoms with van der Waals surface area (Å²) >= 11 is 0. The molecule has 1 amide bonds. The van der Waals surface area contributed by atoms with E-state index in [2.05, 4.69) is 39.4 Å². The molecule has 0 spiro atoms. The highest BCUT2D eigenvalue weighted by atomic mass is 32.2. The molecule has 2 aromatic rings. The molecule has 0 unspecified atom stereocenters. The van der Waals surface area contributed by atoms with Crippen LogP contribution in [0.1, 0.15) is 52.7 Å². The quantitative estimate of drug-likeness (QED) is 0.606. The summed E-state index contributed by atoms with van der Waals surface area (Å²) in [6.07, 6.45) is 6.50. The summed E-state index contributed by atoms with van der Waals surface area (Å²) in [5, 5.41) is 3.07. The van der Waals surface area contributed by atoms with Gasteiger partial charge in [-0.1, -0.05) is 49.2 Å². The van der Waals surface area contributed by atoms with Gasteiger partial charge in [0.25, 0.3) is 5.91 Å². The average Bonchev–Trinajstić information content (AvgIpc) is 3.11. The largest absolute Gasteiger partial charge is 0.348 e. The molecule has 0 aliphatic carbocycles. The molecule has 2 aromatic carbocycles. The van der Waals surface area contributed by atoms with Gasteiger partial charge in [-0.2, -0.15) is 4.31 Å². The van der Waals surface area contributed by atoms with Crippen molar-refractivity contribution in [3.8, 4) is 0 Å². The van der Waals surface area contributed by atoms with Gasteiger partial charge in [0, 0.05) is 51.4 Å². The second-order valence-corrected chi connectivity index (χ2v) is 11.8. The molecule has 2 fully saturated rings. The van der Waals surface area contributed by atoms with E-state index in [1.807, 2.05) is 24.3 Å². The van der Waals surface area contributed by atoms with Gasteiger partial charge in [0.15, 0.2) is 0 Å². The number of amides is 1. The topological polar surface area (TPSA) is 73.0 Å². The highest BCUT2D eigenvalue weighted by Crippen LogP contribution is 2.15. The predicted molar refractivity (Wildman–Crippen MR) is 139 cm³/mol. The molecule has 0 aromatic heterocycles. The Balaban J connectivity index is 1.28. The summed E-state index contributed by atoms with van der Waals surface area (Å²) in [6.45, 7) is 6.93. The third kappa shape index (κ3) is 7.87. The van der Waals surface area contributed by atoms with E-state index in [1.165, 1.54) is 54.9 Å². The predicted octanol–water partition coefficient (Wildman–Crippen LogP) is 3.07. The molecule has 0 bridgehead atoms. The molecule has 1 N–H and O–H groups in total. The van der Waals surface area contributed by atoms with Gasteiger partial charge in [0.2, 0.25) is 10.0 Å². The van der Waals surface area contributed by atoms with Crippen LogP contribution in [0, 0.1) is 0 Å². The molecule has 7 nitrogen and oxygen atoms in total. The highest BCUT2D eigenvalue weighted by Gasteiger charge is 2.23. The Bertz CT molecular complexity index is 1090. The molecule has 2 aliphatic rings. The second-order valence-electron chi connectivity index (χ2n) is 9.83. The number of piperazine rings is 1. The Morgan fingerprint density at radius 3 is 2.00 bits per heavy atom. The lowest BCUT2D eigenvalue weighted by molar-refractivity contribution is 0.0950. The number of rotatable bonds is 8. The SMILES string of the molecule is CS(=O)(=O)N1CCN(Cc2cccc(C(=O)NCc3cccc(CN4CCCCCC4)c3)c2)CC1. The van der Waals surface area contributed by atoms with Crippen LogP contribution in [0.5, 0.6) is 0 Å². The van der Waals surface area contributed by atoms with Gasteiger partial charge in [0.05, 0.1) is 6.26 Å². The van der Waals surface area contributed by atoms with Crippen molar-refractivity contribution in [1.29, 1.82) is 0 Å². The van der Waals surface area contributed by atoms with E-state index in [0.717, 1.165) is 17.7 Å². The first-order chi connectivity index (χ1) is 16.9. The van der Waals surface area contributed by atoms with Crippen molar-refractivity contribution in [2.45, 2.75) is 45.3 Å². The van der Waals surface area contributed by atoms with Crippen LogP contribution in [0.25, 0.3) is 0 Å². The van der Waals surface area contributed by atoms with E-state index in [9.17, 15) is 13.2 Å². The Morgan fingerprint density at radius 1 is 0.771 bits per heavy atom. The molecule has 2 aliphatic heterocycles. The first-order valence-electron chi connectivity index (χ1n) is 12.7. The molecule has 0 saturated carbocycles. The van der Waals surface area contributed by atoms with Crippen LogP contribution in [0.2, 0.25) is 0 Å². The number of nitrogens with zero attached hydrogens (tertiary/aromatic N) is 3. The maximum Gasteiger partial charge on any atom is 0.251 e. The van der Waals surface area contributed by atoms with Crippen molar-refractivity contribution in [2.75, 3.05) is 45.5 Å². The molecule has 0 atom stereocenters. The lowest BCUT2D eigenvalue weighted by atomic mass is 10.1. The zero-order valence-corrected chi connectivity index (χ0v) is 21.6. The molecule has 2 heterocycles. The fraction of sp³-hybridized carbons (Fsp3) is 0.519. The van der Waals surface area contributed by atoms with Crippen molar-refractivity contribution in [2.24, 2.45) is 0 Å². The van der Waals surface area contributed by atoms with Gasteiger partial charge < -0.3 is 5.32 Å². The number of hydrogen-bond acceptors (Lipinski definition) is 5. The van der Waals surface area contributed by atoms with Crippen LogP contribution in [0.15, 0.2) is 48.5 Å². The van der Waals surface area contributed by atoms with Gasteiger partial charge >= 0.3 is 0 Å². The summed E-state index contributed by atoms with van der Waals surface area (Å²) in [4.78, 5) is 17.6. The van der Waals surface area contributed by atoms with Crippen LogP contribution in [0.3, 0.4) is 0 Å². The number of carbonyl (C=O) groups is 1. The summed E-state index contributed by atoms with van der Waals surface area (Å²) in [5.74, 6) is -0.0772. The Labute approximate surface area is 210 Å². The van der Waals surface area contributed by atoms with Gasteiger partial charge in [-0.3, -0.25) is 14.6 Å². The molecule has 190 valence electrons. The van der Waals surface area contributed by atoms with Crippen molar-refractivity contribution in [3.63, 3.8) is 0 Å². The third-order valence-corrected chi connectivity index (χ3v) is 8.25. The minimum absolute atomic E-state index is 0.0772. The molecular weight excluding hydrogens is 460 g/mol. The minimum atomic E-state index is -3.13. The monoisotopic (exact) mass is 498 g/mol. The zero-order valence-electron chi connectivity index (χ0n) is 20.8. The Hall–Kier alpha value is -2.26. The number of carbonyl (C=O) groups excluding carboxylic acids is 1. The maximum atomic E-state index is 12.8. The number of hydrogen-bond donors (Lipinski definition) is 1. The first-order valence-corrected chi connectivity index (χ1v) is 14.6. The molecule has 8 heteroatoms. The van der Waals surface area contributed by atoms with E-state index in [0.29, 0.717) is 44.8 Å². The molecule has 35 heavy (non-hydrogen) atoms. The smallest absolute Gasteiger partial charge is 0.251 e. The van der Waals surface area contributed by atoms with Crippen molar-refractivity contribution in [3.05, 3.63) is 70.8 Å². The second kappa shape index (κ2) is 12.1. The summed E-state index contributed by atoms with van der Waals surface area (Å²) in [6, 6.07) is 16.2.